The molecule has 0 aliphatic carbocycles. The Morgan fingerprint density at radius 1 is 1.07 bits per heavy atom. The lowest BCUT2D eigenvalue weighted by Crippen LogP contribution is -2.37. The predicted octanol–water partition coefficient (Wildman–Crippen LogP) is 3.76. The number of benzene rings is 1. The van der Waals surface area contributed by atoms with Gasteiger partial charge in [0.15, 0.2) is 0 Å². The van der Waals surface area contributed by atoms with Gasteiger partial charge >= 0.3 is 0 Å². The van der Waals surface area contributed by atoms with Crippen LogP contribution in [0.2, 0.25) is 0 Å². The number of anilines is 1. The zero-order valence-corrected chi connectivity index (χ0v) is 10.2. The molecule has 0 aromatic heterocycles. The highest BCUT2D eigenvalue weighted by Crippen LogP contribution is 2.24. The Bertz CT molecular complexity index is 308. The Morgan fingerprint density at radius 3 is 1.87 bits per heavy atom. The molecule has 1 radical (unpaired) electrons. The van der Waals surface area contributed by atoms with Crippen molar-refractivity contribution in [3.05, 3.63) is 29.8 Å². The minimum absolute atomic E-state index is 0.376. The van der Waals surface area contributed by atoms with Gasteiger partial charge in [0.05, 0.1) is 11.2 Å². The second-order valence-electron chi connectivity index (χ2n) is 5.21. The van der Waals surface area contributed by atoms with E-state index in [1.54, 1.807) is 0 Å². The molecule has 2 nitrogen and oxygen atoms in total. The van der Waals surface area contributed by atoms with E-state index in [0.717, 1.165) is 10.8 Å². The molecule has 0 amide bonds. The molecule has 0 saturated carbocycles. The summed E-state index contributed by atoms with van der Waals surface area (Å²) in [6, 6.07) is 7.84. The van der Waals surface area contributed by atoms with Gasteiger partial charge < -0.3 is 0 Å². The smallest absolute Gasteiger partial charge is 0.0674 e. The molecule has 1 aromatic carbocycles. The Kier molecular flexibility index (Phi) is 3.40. The number of rotatable bonds is 2. The normalized spacial score (nSPS) is 11.9. The first-order valence-electron chi connectivity index (χ1n) is 5.39. The van der Waals surface area contributed by atoms with Crippen LogP contribution in [0.25, 0.3) is 0 Å². The molecule has 0 unspecified atom stereocenters. The molecule has 2 heteroatoms. The predicted molar refractivity (Wildman–Crippen MR) is 63.4 cm³/mol. The number of hydroxylamine groups is 1. The Morgan fingerprint density at radius 2 is 1.53 bits per heavy atom. The molecule has 0 N–H and O–H groups in total. The minimum atomic E-state index is -0.376. The summed E-state index contributed by atoms with van der Waals surface area (Å²) in [6.07, 6.45) is 0. The maximum atomic E-state index is 11.9. The van der Waals surface area contributed by atoms with Crippen molar-refractivity contribution in [1.82, 2.24) is 0 Å². The largest absolute Gasteiger partial charge is 0.215 e. The molecule has 0 spiro atoms. The van der Waals surface area contributed by atoms with E-state index >= 15 is 0 Å². The van der Waals surface area contributed by atoms with Crippen molar-refractivity contribution in [2.45, 2.75) is 46.1 Å². The van der Waals surface area contributed by atoms with E-state index in [2.05, 4.69) is 13.8 Å². The van der Waals surface area contributed by atoms with Crippen molar-refractivity contribution in [3.63, 3.8) is 0 Å². The number of hydrogen-bond donors (Lipinski definition) is 0. The van der Waals surface area contributed by atoms with Gasteiger partial charge in [0, 0.05) is 0 Å². The molecule has 0 aliphatic heterocycles. The van der Waals surface area contributed by atoms with E-state index < -0.39 is 0 Å². The van der Waals surface area contributed by atoms with Crippen LogP contribution in [-0.4, -0.2) is 5.54 Å². The van der Waals surface area contributed by atoms with Gasteiger partial charge in [0.1, 0.15) is 0 Å². The SMILES string of the molecule is CC(C)c1ccc(N([O])C(C)(C)C)cc1. The summed E-state index contributed by atoms with van der Waals surface area (Å²) in [6.45, 7) is 10.0. The third-order valence-corrected chi connectivity index (χ3v) is 2.40. The molecule has 1 aromatic rings. The zero-order valence-electron chi connectivity index (χ0n) is 10.2. The molecule has 15 heavy (non-hydrogen) atoms. The van der Waals surface area contributed by atoms with Gasteiger partial charge in [0.25, 0.3) is 0 Å². The quantitative estimate of drug-likeness (QED) is 0.676. The molecular formula is C13H20NO. The fourth-order valence-corrected chi connectivity index (χ4v) is 1.38. The van der Waals surface area contributed by atoms with Crippen molar-refractivity contribution >= 4 is 5.69 Å². The van der Waals surface area contributed by atoms with E-state index in [9.17, 15) is 5.21 Å². The summed E-state index contributed by atoms with van der Waals surface area (Å²) >= 11 is 0. The topological polar surface area (TPSA) is 23.1 Å². The third-order valence-electron chi connectivity index (χ3n) is 2.40. The molecule has 0 bridgehead atoms. The van der Waals surface area contributed by atoms with E-state index in [1.165, 1.54) is 5.56 Å². The van der Waals surface area contributed by atoms with Gasteiger partial charge in [0.2, 0.25) is 0 Å². The van der Waals surface area contributed by atoms with Crippen LogP contribution in [0.15, 0.2) is 24.3 Å². The Hall–Kier alpha value is -1.02. The van der Waals surface area contributed by atoms with Crippen LogP contribution in [0.1, 0.15) is 46.1 Å². The van der Waals surface area contributed by atoms with E-state index in [0.29, 0.717) is 5.92 Å². The lowest BCUT2D eigenvalue weighted by atomic mass is 10.0. The Balaban J connectivity index is 2.89. The highest BCUT2D eigenvalue weighted by Gasteiger charge is 2.21. The highest BCUT2D eigenvalue weighted by atomic mass is 16.5. The fraction of sp³-hybridized carbons (Fsp3) is 0.538. The van der Waals surface area contributed by atoms with Crippen molar-refractivity contribution < 1.29 is 5.21 Å². The minimum Gasteiger partial charge on any atom is -0.215 e. The second kappa shape index (κ2) is 4.23. The monoisotopic (exact) mass is 206 g/mol. The first-order valence-corrected chi connectivity index (χ1v) is 5.39. The first kappa shape index (κ1) is 12.1. The van der Waals surface area contributed by atoms with Gasteiger partial charge in [-0.05, 0) is 44.4 Å². The van der Waals surface area contributed by atoms with Crippen molar-refractivity contribution in [2.24, 2.45) is 0 Å². The summed E-state index contributed by atoms with van der Waals surface area (Å²) < 4.78 is 0. The molecule has 0 fully saturated rings. The lowest BCUT2D eigenvalue weighted by Gasteiger charge is -2.28. The number of nitrogens with zero attached hydrogens (tertiary/aromatic N) is 1. The standard InChI is InChI=1S/C13H20NO/c1-10(2)11-6-8-12(9-7-11)14(15)13(3,4)5/h6-10H,1-5H3. The lowest BCUT2D eigenvalue weighted by molar-refractivity contribution is 0.102. The summed E-state index contributed by atoms with van der Waals surface area (Å²) in [5.41, 5.74) is 1.62. The van der Waals surface area contributed by atoms with Gasteiger partial charge in [-0.2, -0.15) is 0 Å². The molecule has 0 heterocycles. The van der Waals surface area contributed by atoms with Crippen molar-refractivity contribution in [1.29, 1.82) is 0 Å². The van der Waals surface area contributed by atoms with Crippen molar-refractivity contribution in [3.8, 4) is 0 Å². The van der Waals surface area contributed by atoms with Crippen LogP contribution in [0.5, 0.6) is 0 Å². The molecule has 83 valence electrons. The third kappa shape index (κ3) is 2.96. The average molecular weight is 206 g/mol. The first-order chi connectivity index (χ1) is 6.82. The maximum Gasteiger partial charge on any atom is 0.0674 e. The van der Waals surface area contributed by atoms with E-state index in [1.807, 2.05) is 45.0 Å². The second-order valence-corrected chi connectivity index (χ2v) is 5.21. The van der Waals surface area contributed by atoms with Gasteiger partial charge in [-0.1, -0.05) is 31.2 Å². The summed E-state index contributed by atoms with van der Waals surface area (Å²) in [4.78, 5) is 0. The number of hydrogen-bond acceptors (Lipinski definition) is 1. The van der Waals surface area contributed by atoms with Crippen molar-refractivity contribution in [2.75, 3.05) is 5.06 Å². The fourth-order valence-electron chi connectivity index (χ4n) is 1.38. The summed E-state index contributed by atoms with van der Waals surface area (Å²) in [5.74, 6) is 0.508. The molecule has 0 atom stereocenters. The highest BCUT2D eigenvalue weighted by molar-refractivity contribution is 5.47. The van der Waals surface area contributed by atoms with Gasteiger partial charge in [-0.15, -0.1) is 0 Å². The zero-order chi connectivity index (χ0) is 11.6. The molecule has 0 aliphatic rings. The van der Waals surface area contributed by atoms with Gasteiger partial charge in [-0.25, -0.2) is 5.06 Å². The van der Waals surface area contributed by atoms with Crippen LogP contribution in [0, 0.1) is 0 Å². The van der Waals surface area contributed by atoms with Crippen LogP contribution in [-0.2, 0) is 5.21 Å². The molecule has 0 saturated heterocycles. The van der Waals surface area contributed by atoms with Crippen LogP contribution in [0.3, 0.4) is 0 Å². The summed E-state index contributed by atoms with van der Waals surface area (Å²) in [7, 11) is 0. The van der Waals surface area contributed by atoms with Gasteiger partial charge in [-0.3, -0.25) is 0 Å². The summed E-state index contributed by atoms with van der Waals surface area (Å²) in [5, 5.41) is 12.9. The molecule has 1 rings (SSSR count). The average Bonchev–Trinajstić information content (AvgIpc) is 2.15. The van der Waals surface area contributed by atoms with E-state index in [4.69, 9.17) is 0 Å². The van der Waals surface area contributed by atoms with Crippen LogP contribution >= 0.6 is 0 Å². The Labute approximate surface area is 92.5 Å². The van der Waals surface area contributed by atoms with Crippen LogP contribution in [0.4, 0.5) is 5.69 Å². The van der Waals surface area contributed by atoms with Crippen LogP contribution < -0.4 is 5.06 Å². The van der Waals surface area contributed by atoms with E-state index in [-0.39, 0.29) is 5.54 Å². The maximum absolute atomic E-state index is 11.9. The molecular weight excluding hydrogens is 186 g/mol.